The lowest BCUT2D eigenvalue weighted by Crippen LogP contribution is -2.14. The Bertz CT molecular complexity index is 494. The zero-order valence-corrected chi connectivity index (χ0v) is 9.22. The Morgan fingerprint density at radius 1 is 1.25 bits per heavy atom. The topological polar surface area (TPSA) is 64.9 Å². The minimum absolute atomic E-state index is 0.214. The van der Waals surface area contributed by atoms with Crippen LogP contribution >= 0.6 is 0 Å². The molecule has 0 saturated carbocycles. The van der Waals surface area contributed by atoms with Crippen LogP contribution in [0.25, 0.3) is 0 Å². The molecule has 3 heteroatoms. The first kappa shape index (κ1) is 10.6. The van der Waals surface area contributed by atoms with Gasteiger partial charge in [0.15, 0.2) is 0 Å². The quantitative estimate of drug-likeness (QED) is 0.802. The van der Waals surface area contributed by atoms with E-state index in [-0.39, 0.29) is 6.04 Å². The SMILES string of the molecule is Cc1cccc(C(N)c2cnccc2N)c1. The molecule has 3 nitrogen and oxygen atoms in total. The highest BCUT2D eigenvalue weighted by Gasteiger charge is 2.11. The smallest absolute Gasteiger partial charge is 0.0587 e. The third-order valence-electron chi connectivity index (χ3n) is 2.62. The predicted octanol–water partition coefficient (Wildman–Crippen LogP) is 2.02. The van der Waals surface area contributed by atoms with E-state index in [4.69, 9.17) is 11.5 Å². The van der Waals surface area contributed by atoms with E-state index >= 15 is 0 Å². The third kappa shape index (κ3) is 2.04. The van der Waals surface area contributed by atoms with Gasteiger partial charge < -0.3 is 11.5 Å². The summed E-state index contributed by atoms with van der Waals surface area (Å²) in [5, 5.41) is 0. The van der Waals surface area contributed by atoms with Crippen molar-refractivity contribution < 1.29 is 0 Å². The van der Waals surface area contributed by atoms with Crippen molar-refractivity contribution in [2.75, 3.05) is 5.73 Å². The lowest BCUT2D eigenvalue weighted by atomic mass is 9.98. The number of aryl methyl sites for hydroxylation is 1. The lowest BCUT2D eigenvalue weighted by molar-refractivity contribution is 0.865. The fourth-order valence-electron chi connectivity index (χ4n) is 1.72. The molecule has 1 aromatic heterocycles. The molecule has 0 aliphatic rings. The van der Waals surface area contributed by atoms with Crippen LogP contribution in [0.5, 0.6) is 0 Å². The summed E-state index contributed by atoms with van der Waals surface area (Å²) < 4.78 is 0. The van der Waals surface area contributed by atoms with Gasteiger partial charge in [-0.15, -0.1) is 0 Å². The van der Waals surface area contributed by atoms with Crippen LogP contribution in [0.3, 0.4) is 0 Å². The van der Waals surface area contributed by atoms with Crippen LogP contribution in [-0.2, 0) is 0 Å². The predicted molar refractivity (Wildman–Crippen MR) is 65.9 cm³/mol. The molecule has 0 amide bonds. The maximum Gasteiger partial charge on any atom is 0.0587 e. The van der Waals surface area contributed by atoms with Crippen molar-refractivity contribution in [1.82, 2.24) is 4.98 Å². The average molecular weight is 213 g/mol. The molecule has 1 atom stereocenters. The number of rotatable bonds is 2. The summed E-state index contributed by atoms with van der Waals surface area (Å²) in [4.78, 5) is 4.05. The summed E-state index contributed by atoms with van der Waals surface area (Å²) in [7, 11) is 0. The normalized spacial score (nSPS) is 12.4. The second-order valence-corrected chi connectivity index (χ2v) is 3.90. The van der Waals surface area contributed by atoms with E-state index in [1.54, 1.807) is 18.5 Å². The summed E-state index contributed by atoms with van der Waals surface area (Å²) in [6.45, 7) is 2.04. The lowest BCUT2D eigenvalue weighted by Gasteiger charge is -2.14. The van der Waals surface area contributed by atoms with Crippen LogP contribution in [0.2, 0.25) is 0 Å². The van der Waals surface area contributed by atoms with Crippen LogP contribution in [-0.4, -0.2) is 4.98 Å². The highest BCUT2D eigenvalue weighted by molar-refractivity contribution is 5.49. The van der Waals surface area contributed by atoms with E-state index in [0.717, 1.165) is 11.1 Å². The fraction of sp³-hybridized carbons (Fsp3) is 0.154. The van der Waals surface area contributed by atoms with E-state index < -0.39 is 0 Å². The highest BCUT2D eigenvalue weighted by atomic mass is 14.7. The summed E-state index contributed by atoms with van der Waals surface area (Å²) in [6, 6.07) is 9.67. The largest absolute Gasteiger partial charge is 0.398 e. The first-order chi connectivity index (χ1) is 7.68. The molecular formula is C13H15N3. The molecule has 16 heavy (non-hydrogen) atoms. The average Bonchev–Trinajstić information content (AvgIpc) is 2.29. The molecule has 0 aliphatic carbocycles. The van der Waals surface area contributed by atoms with Gasteiger partial charge >= 0.3 is 0 Å². The van der Waals surface area contributed by atoms with Gasteiger partial charge in [-0.05, 0) is 18.6 Å². The van der Waals surface area contributed by atoms with Crippen molar-refractivity contribution in [2.24, 2.45) is 5.73 Å². The van der Waals surface area contributed by atoms with Crippen molar-refractivity contribution in [3.63, 3.8) is 0 Å². The molecule has 1 heterocycles. The van der Waals surface area contributed by atoms with E-state index in [0.29, 0.717) is 5.69 Å². The number of benzene rings is 1. The molecular weight excluding hydrogens is 198 g/mol. The Balaban J connectivity index is 2.39. The third-order valence-corrected chi connectivity index (χ3v) is 2.62. The Morgan fingerprint density at radius 2 is 2.06 bits per heavy atom. The Labute approximate surface area is 95.1 Å². The van der Waals surface area contributed by atoms with E-state index in [1.165, 1.54) is 5.56 Å². The molecule has 4 N–H and O–H groups in total. The van der Waals surface area contributed by atoms with Crippen LogP contribution < -0.4 is 11.5 Å². The first-order valence-electron chi connectivity index (χ1n) is 5.20. The van der Waals surface area contributed by atoms with E-state index in [2.05, 4.69) is 11.1 Å². The number of hydrogen-bond donors (Lipinski definition) is 2. The summed E-state index contributed by atoms with van der Waals surface area (Å²) in [6.07, 6.45) is 3.39. The molecule has 2 aromatic rings. The van der Waals surface area contributed by atoms with E-state index in [1.807, 2.05) is 25.1 Å². The van der Waals surface area contributed by atoms with Crippen LogP contribution in [0.4, 0.5) is 5.69 Å². The Morgan fingerprint density at radius 3 is 2.75 bits per heavy atom. The van der Waals surface area contributed by atoms with Gasteiger partial charge in [0.2, 0.25) is 0 Å². The fourth-order valence-corrected chi connectivity index (χ4v) is 1.72. The van der Waals surface area contributed by atoms with Crippen LogP contribution in [0.1, 0.15) is 22.7 Å². The number of hydrogen-bond acceptors (Lipinski definition) is 3. The van der Waals surface area contributed by atoms with Gasteiger partial charge in [-0.1, -0.05) is 29.8 Å². The molecule has 0 fully saturated rings. The van der Waals surface area contributed by atoms with Crippen molar-refractivity contribution in [1.29, 1.82) is 0 Å². The maximum absolute atomic E-state index is 6.17. The van der Waals surface area contributed by atoms with Crippen molar-refractivity contribution in [2.45, 2.75) is 13.0 Å². The zero-order chi connectivity index (χ0) is 11.5. The van der Waals surface area contributed by atoms with Crippen LogP contribution in [0.15, 0.2) is 42.7 Å². The minimum atomic E-state index is -0.214. The monoisotopic (exact) mass is 213 g/mol. The standard InChI is InChI=1S/C13H15N3/c1-9-3-2-4-10(7-9)13(15)11-8-16-6-5-12(11)14/h2-8,13H,15H2,1H3,(H2,14,16). The Hall–Kier alpha value is -1.87. The summed E-state index contributed by atoms with van der Waals surface area (Å²) >= 11 is 0. The number of nitrogens with two attached hydrogens (primary N) is 2. The van der Waals surface area contributed by atoms with Gasteiger partial charge in [0.05, 0.1) is 6.04 Å². The molecule has 0 bridgehead atoms. The van der Waals surface area contributed by atoms with Crippen molar-refractivity contribution >= 4 is 5.69 Å². The number of pyridine rings is 1. The number of anilines is 1. The van der Waals surface area contributed by atoms with Gasteiger partial charge in [-0.3, -0.25) is 4.98 Å². The molecule has 0 spiro atoms. The van der Waals surface area contributed by atoms with Gasteiger partial charge in [-0.25, -0.2) is 0 Å². The second kappa shape index (κ2) is 4.33. The minimum Gasteiger partial charge on any atom is -0.398 e. The number of nitrogen functional groups attached to an aromatic ring is 1. The maximum atomic E-state index is 6.17. The molecule has 1 unspecified atom stereocenters. The summed E-state index contributed by atoms with van der Waals surface area (Å²) in [5.41, 5.74) is 15.8. The molecule has 0 aliphatic heterocycles. The van der Waals surface area contributed by atoms with Gasteiger partial charge in [0, 0.05) is 23.6 Å². The molecule has 82 valence electrons. The van der Waals surface area contributed by atoms with Crippen molar-refractivity contribution in [3.8, 4) is 0 Å². The zero-order valence-electron chi connectivity index (χ0n) is 9.22. The number of aromatic nitrogens is 1. The molecule has 0 radical (unpaired) electrons. The summed E-state index contributed by atoms with van der Waals surface area (Å²) in [5.74, 6) is 0. The molecule has 1 aromatic carbocycles. The van der Waals surface area contributed by atoms with E-state index in [9.17, 15) is 0 Å². The highest BCUT2D eigenvalue weighted by Crippen LogP contribution is 2.23. The number of nitrogens with zero attached hydrogens (tertiary/aromatic N) is 1. The molecule has 0 saturated heterocycles. The second-order valence-electron chi connectivity index (χ2n) is 3.90. The first-order valence-corrected chi connectivity index (χ1v) is 5.20. The van der Waals surface area contributed by atoms with Gasteiger partial charge in [-0.2, -0.15) is 0 Å². The van der Waals surface area contributed by atoms with Crippen LogP contribution in [0, 0.1) is 6.92 Å². The molecule has 2 rings (SSSR count). The van der Waals surface area contributed by atoms with Gasteiger partial charge in [0.25, 0.3) is 0 Å². The van der Waals surface area contributed by atoms with Crippen molar-refractivity contribution in [3.05, 3.63) is 59.4 Å². The van der Waals surface area contributed by atoms with Gasteiger partial charge in [0.1, 0.15) is 0 Å². The Kier molecular flexibility index (Phi) is 2.88.